The molecule has 0 spiro atoms. The van der Waals surface area contributed by atoms with E-state index in [9.17, 15) is 13.6 Å². The van der Waals surface area contributed by atoms with Gasteiger partial charge in [-0.15, -0.1) is 0 Å². The number of aliphatic hydroxyl groups is 1. The van der Waals surface area contributed by atoms with Crippen LogP contribution < -0.4 is 5.32 Å². The summed E-state index contributed by atoms with van der Waals surface area (Å²) in [6, 6.07) is 5.44. The summed E-state index contributed by atoms with van der Waals surface area (Å²) in [5.41, 5.74) is 0.726. The minimum Gasteiger partial charge on any atom is -0.390 e. The van der Waals surface area contributed by atoms with Gasteiger partial charge in [-0.2, -0.15) is 8.78 Å². The quantitative estimate of drug-likeness (QED) is 0.567. The minimum absolute atomic E-state index is 0.0239. The van der Waals surface area contributed by atoms with Crippen molar-refractivity contribution in [2.75, 3.05) is 32.2 Å². The molecule has 2 aromatic rings. The van der Waals surface area contributed by atoms with E-state index in [0.717, 1.165) is 5.56 Å². The molecule has 1 amide bonds. The molecule has 1 aromatic heterocycles. The van der Waals surface area contributed by atoms with Gasteiger partial charge in [0.25, 0.3) is 11.8 Å². The summed E-state index contributed by atoms with van der Waals surface area (Å²) >= 11 is 6.16. The predicted octanol–water partition coefficient (Wildman–Crippen LogP) is 3.43. The number of rotatable bonds is 7. The van der Waals surface area contributed by atoms with Crippen molar-refractivity contribution in [1.82, 2.24) is 14.9 Å². The fourth-order valence-electron chi connectivity index (χ4n) is 4.40. The number of ether oxygens (including phenoxy) is 2. The van der Waals surface area contributed by atoms with Crippen LogP contribution in [0.3, 0.4) is 0 Å². The average molecular weight is 497 g/mol. The standard InChI is InChI=1S/C23H27ClF2N4O4/c1-14(15-4-3-5-16(10-15)23(25,26)13-31)27-19-17-11-30(12-18(17)28-21(24)29-19)20(32)22(33-2)6-8-34-9-7-22/h3-5,10,14,31H,6-9,11-13H2,1-2H3,(H,27,28,29)/t14-/m1/s1. The van der Waals surface area contributed by atoms with Gasteiger partial charge >= 0.3 is 0 Å². The number of methoxy groups -OCH3 is 1. The summed E-state index contributed by atoms with van der Waals surface area (Å²) in [5, 5.41) is 12.3. The topological polar surface area (TPSA) is 96.8 Å². The van der Waals surface area contributed by atoms with E-state index in [1.165, 1.54) is 25.3 Å². The zero-order valence-electron chi connectivity index (χ0n) is 19.0. The number of aromatic nitrogens is 2. The Morgan fingerprint density at radius 2 is 2.09 bits per heavy atom. The van der Waals surface area contributed by atoms with Crippen molar-refractivity contribution >= 4 is 23.3 Å². The lowest BCUT2D eigenvalue weighted by atomic mass is 9.92. The van der Waals surface area contributed by atoms with E-state index in [-0.39, 0.29) is 29.8 Å². The van der Waals surface area contributed by atoms with Gasteiger partial charge in [0.2, 0.25) is 5.28 Å². The lowest BCUT2D eigenvalue weighted by Gasteiger charge is -2.37. The third-order valence-corrected chi connectivity index (χ3v) is 6.65. The van der Waals surface area contributed by atoms with Crippen molar-refractivity contribution in [3.05, 3.63) is 51.9 Å². The first-order valence-electron chi connectivity index (χ1n) is 11.0. The number of halogens is 3. The van der Waals surface area contributed by atoms with Gasteiger partial charge in [0.15, 0.2) is 5.60 Å². The van der Waals surface area contributed by atoms with Gasteiger partial charge < -0.3 is 24.8 Å². The molecule has 3 heterocycles. The lowest BCUT2D eigenvalue weighted by Crippen LogP contribution is -2.51. The number of alkyl halides is 2. The van der Waals surface area contributed by atoms with Gasteiger partial charge in [0, 0.05) is 50.3 Å². The predicted molar refractivity (Wildman–Crippen MR) is 121 cm³/mol. The highest BCUT2D eigenvalue weighted by molar-refractivity contribution is 6.28. The molecule has 1 saturated heterocycles. The largest absolute Gasteiger partial charge is 0.390 e. The van der Waals surface area contributed by atoms with Gasteiger partial charge in [-0.25, -0.2) is 9.97 Å². The van der Waals surface area contributed by atoms with Crippen molar-refractivity contribution < 1.29 is 28.2 Å². The first-order chi connectivity index (χ1) is 16.2. The Labute approximate surface area is 201 Å². The normalized spacial score (nSPS) is 18.5. The van der Waals surface area contributed by atoms with Crippen LogP contribution in [0.5, 0.6) is 0 Å². The van der Waals surface area contributed by atoms with E-state index in [4.69, 9.17) is 26.2 Å². The van der Waals surface area contributed by atoms with E-state index in [1.54, 1.807) is 17.9 Å². The Hall–Kier alpha value is -2.40. The smallest absolute Gasteiger partial charge is 0.295 e. The summed E-state index contributed by atoms with van der Waals surface area (Å²) in [6.07, 6.45) is 0.942. The maximum absolute atomic E-state index is 14.0. The Morgan fingerprint density at radius 3 is 2.76 bits per heavy atom. The van der Waals surface area contributed by atoms with Crippen LogP contribution in [0.2, 0.25) is 5.28 Å². The van der Waals surface area contributed by atoms with Crippen molar-refractivity contribution in [2.24, 2.45) is 0 Å². The van der Waals surface area contributed by atoms with Crippen molar-refractivity contribution in [1.29, 1.82) is 0 Å². The van der Waals surface area contributed by atoms with Gasteiger partial charge in [0.1, 0.15) is 12.4 Å². The molecule has 0 radical (unpaired) electrons. The zero-order chi connectivity index (χ0) is 24.5. The molecular weight excluding hydrogens is 470 g/mol. The zero-order valence-corrected chi connectivity index (χ0v) is 19.7. The molecule has 2 aliphatic rings. The van der Waals surface area contributed by atoms with E-state index < -0.39 is 24.2 Å². The Bertz CT molecular complexity index is 1070. The third kappa shape index (κ3) is 4.72. The molecule has 34 heavy (non-hydrogen) atoms. The molecule has 2 N–H and O–H groups in total. The molecule has 1 atom stereocenters. The fraction of sp³-hybridized carbons (Fsp3) is 0.522. The minimum atomic E-state index is -3.34. The molecule has 1 aromatic carbocycles. The summed E-state index contributed by atoms with van der Waals surface area (Å²) in [7, 11) is 1.53. The number of carbonyl (C=O) groups is 1. The van der Waals surface area contributed by atoms with Crippen molar-refractivity contribution in [2.45, 2.75) is 50.4 Å². The van der Waals surface area contributed by atoms with Crippen LogP contribution in [-0.2, 0) is 33.3 Å². The summed E-state index contributed by atoms with van der Waals surface area (Å²) in [6.45, 7) is 1.97. The number of hydrogen-bond donors (Lipinski definition) is 2. The molecule has 184 valence electrons. The van der Waals surface area contributed by atoms with Crippen LogP contribution in [0.1, 0.15) is 48.2 Å². The van der Waals surface area contributed by atoms with E-state index in [1.807, 2.05) is 0 Å². The Kier molecular flexibility index (Phi) is 7.04. The van der Waals surface area contributed by atoms with Gasteiger partial charge in [0.05, 0.1) is 18.8 Å². The molecular formula is C23H27ClF2N4O4. The first-order valence-corrected chi connectivity index (χ1v) is 11.4. The molecule has 1 fully saturated rings. The number of carbonyl (C=O) groups excluding carboxylic acids is 1. The molecule has 0 saturated carbocycles. The maximum atomic E-state index is 14.0. The lowest BCUT2D eigenvalue weighted by molar-refractivity contribution is -0.167. The number of benzene rings is 1. The molecule has 0 bridgehead atoms. The number of amides is 1. The summed E-state index contributed by atoms with van der Waals surface area (Å²) < 4.78 is 39.0. The van der Waals surface area contributed by atoms with Crippen LogP contribution in [0.25, 0.3) is 0 Å². The highest BCUT2D eigenvalue weighted by atomic mass is 35.5. The highest BCUT2D eigenvalue weighted by Crippen LogP contribution is 2.35. The number of nitrogens with zero attached hydrogens (tertiary/aromatic N) is 3. The van der Waals surface area contributed by atoms with Crippen LogP contribution >= 0.6 is 11.6 Å². The molecule has 0 unspecified atom stereocenters. The molecule has 0 aliphatic carbocycles. The van der Waals surface area contributed by atoms with E-state index in [0.29, 0.717) is 43.1 Å². The molecule has 8 nitrogen and oxygen atoms in total. The monoisotopic (exact) mass is 496 g/mol. The molecule has 4 rings (SSSR count). The van der Waals surface area contributed by atoms with Gasteiger partial charge in [-0.3, -0.25) is 4.79 Å². The molecule has 11 heteroatoms. The molecule has 2 aliphatic heterocycles. The first kappa shape index (κ1) is 24.7. The Morgan fingerprint density at radius 1 is 1.35 bits per heavy atom. The third-order valence-electron chi connectivity index (χ3n) is 6.48. The summed E-state index contributed by atoms with van der Waals surface area (Å²) in [5.74, 6) is -3.03. The van der Waals surface area contributed by atoms with Crippen LogP contribution in [0.15, 0.2) is 24.3 Å². The van der Waals surface area contributed by atoms with Crippen LogP contribution in [-0.4, -0.2) is 58.4 Å². The van der Waals surface area contributed by atoms with Gasteiger partial charge in [-0.05, 0) is 30.2 Å². The average Bonchev–Trinajstić information content (AvgIpc) is 3.28. The maximum Gasteiger partial charge on any atom is 0.295 e. The second-order valence-corrected chi connectivity index (χ2v) is 8.93. The number of aliphatic hydroxyl groups excluding tert-OH is 1. The highest BCUT2D eigenvalue weighted by Gasteiger charge is 2.45. The van der Waals surface area contributed by atoms with Crippen molar-refractivity contribution in [3.63, 3.8) is 0 Å². The second kappa shape index (κ2) is 9.69. The Balaban J connectivity index is 1.56. The number of fused-ring (bicyclic) bond motifs is 1. The number of nitrogens with one attached hydrogen (secondary N) is 1. The van der Waals surface area contributed by atoms with Gasteiger partial charge in [-0.1, -0.05) is 18.2 Å². The van der Waals surface area contributed by atoms with E-state index >= 15 is 0 Å². The SMILES string of the molecule is COC1(C(=O)N2Cc3nc(Cl)nc(N[C@H](C)c4cccc(C(F)(F)CO)c4)c3C2)CCOCC1. The fourth-order valence-corrected chi connectivity index (χ4v) is 4.58. The number of anilines is 1. The van der Waals surface area contributed by atoms with E-state index in [2.05, 4.69) is 15.3 Å². The second-order valence-electron chi connectivity index (χ2n) is 8.59. The summed E-state index contributed by atoms with van der Waals surface area (Å²) in [4.78, 5) is 23.7. The van der Waals surface area contributed by atoms with Crippen LogP contribution in [0, 0.1) is 0 Å². The van der Waals surface area contributed by atoms with Crippen LogP contribution in [0.4, 0.5) is 14.6 Å². The number of hydrogen-bond acceptors (Lipinski definition) is 7. The van der Waals surface area contributed by atoms with Crippen molar-refractivity contribution in [3.8, 4) is 0 Å².